The van der Waals surface area contributed by atoms with Crippen LogP contribution in [0.5, 0.6) is 11.5 Å². The lowest BCUT2D eigenvalue weighted by Gasteiger charge is -2.28. The normalized spacial score (nSPS) is 17.2. The molecule has 1 aliphatic heterocycles. The number of rotatable bonds is 5. The number of benzene rings is 1. The zero-order valence-corrected chi connectivity index (χ0v) is 12.6. The van der Waals surface area contributed by atoms with Gasteiger partial charge < -0.3 is 24.7 Å². The molecule has 1 aromatic carbocycles. The topological polar surface area (TPSA) is 62.9 Å². The first-order valence-electron chi connectivity index (χ1n) is 6.76. The van der Waals surface area contributed by atoms with Crippen molar-refractivity contribution in [2.24, 2.45) is 5.73 Å². The number of hydrogen-bond acceptors (Lipinski definition) is 5. The zero-order valence-electron chi connectivity index (χ0n) is 12.6. The average molecular weight is 281 g/mol. The fourth-order valence-corrected chi connectivity index (χ4v) is 2.79. The number of ether oxygens (including phenoxy) is 4. The number of methoxy groups -OCH3 is 3. The van der Waals surface area contributed by atoms with Gasteiger partial charge in [0.1, 0.15) is 17.6 Å². The summed E-state index contributed by atoms with van der Waals surface area (Å²) >= 11 is 0. The van der Waals surface area contributed by atoms with E-state index in [9.17, 15) is 0 Å². The Morgan fingerprint density at radius 2 is 1.95 bits per heavy atom. The monoisotopic (exact) mass is 281 g/mol. The second-order valence-electron chi connectivity index (χ2n) is 4.98. The van der Waals surface area contributed by atoms with Gasteiger partial charge in [-0.15, -0.1) is 0 Å². The van der Waals surface area contributed by atoms with E-state index in [1.54, 1.807) is 21.3 Å². The molecule has 0 saturated heterocycles. The highest BCUT2D eigenvalue weighted by atomic mass is 16.5. The third kappa shape index (κ3) is 2.61. The third-order valence-corrected chi connectivity index (χ3v) is 3.69. The Hall–Kier alpha value is -1.30. The third-order valence-electron chi connectivity index (χ3n) is 3.69. The molecule has 1 aliphatic rings. The van der Waals surface area contributed by atoms with Gasteiger partial charge in [0.05, 0.1) is 27.4 Å². The molecule has 0 amide bonds. The summed E-state index contributed by atoms with van der Waals surface area (Å²) < 4.78 is 22.2. The van der Waals surface area contributed by atoms with Crippen molar-refractivity contribution in [2.75, 3.05) is 27.9 Å². The Bertz CT molecular complexity index is 473. The summed E-state index contributed by atoms with van der Waals surface area (Å²) in [7, 11) is 4.99. The van der Waals surface area contributed by atoms with Crippen LogP contribution in [0.2, 0.25) is 0 Å². The first-order chi connectivity index (χ1) is 9.63. The van der Waals surface area contributed by atoms with Crippen LogP contribution in [0.3, 0.4) is 0 Å². The van der Waals surface area contributed by atoms with Crippen molar-refractivity contribution in [1.29, 1.82) is 0 Å². The Kier molecular flexibility index (Phi) is 4.86. The van der Waals surface area contributed by atoms with E-state index in [4.69, 9.17) is 24.7 Å². The molecule has 1 heterocycles. The number of hydrogen-bond donors (Lipinski definition) is 1. The molecule has 2 rings (SSSR count). The summed E-state index contributed by atoms with van der Waals surface area (Å²) in [6.45, 7) is 3.14. The van der Waals surface area contributed by atoms with Crippen molar-refractivity contribution in [3.63, 3.8) is 0 Å². The quantitative estimate of drug-likeness (QED) is 0.892. The highest BCUT2D eigenvalue weighted by Crippen LogP contribution is 2.41. The SMILES string of the molecule is COc1cc([C@@H](OC)[C@H](C)N)c(OC)c2c1CCOC2. The molecule has 1 aromatic rings. The van der Waals surface area contributed by atoms with Crippen molar-refractivity contribution in [3.8, 4) is 11.5 Å². The molecule has 0 spiro atoms. The Morgan fingerprint density at radius 1 is 1.20 bits per heavy atom. The van der Waals surface area contributed by atoms with Gasteiger partial charge >= 0.3 is 0 Å². The van der Waals surface area contributed by atoms with Crippen LogP contribution < -0.4 is 15.2 Å². The van der Waals surface area contributed by atoms with Crippen molar-refractivity contribution < 1.29 is 18.9 Å². The van der Waals surface area contributed by atoms with Gasteiger partial charge in [-0.2, -0.15) is 0 Å². The molecule has 2 atom stereocenters. The summed E-state index contributed by atoms with van der Waals surface area (Å²) in [6.07, 6.45) is 0.580. The summed E-state index contributed by atoms with van der Waals surface area (Å²) in [4.78, 5) is 0. The highest BCUT2D eigenvalue weighted by Gasteiger charge is 2.27. The van der Waals surface area contributed by atoms with Crippen LogP contribution in [0, 0.1) is 0 Å². The average Bonchev–Trinajstić information content (AvgIpc) is 2.46. The fraction of sp³-hybridized carbons (Fsp3) is 0.600. The molecule has 112 valence electrons. The molecule has 0 aromatic heterocycles. The number of nitrogens with two attached hydrogens (primary N) is 1. The van der Waals surface area contributed by atoms with Crippen LogP contribution in [0.25, 0.3) is 0 Å². The van der Waals surface area contributed by atoms with Crippen LogP contribution in [-0.2, 0) is 22.5 Å². The van der Waals surface area contributed by atoms with Gasteiger partial charge in [-0.05, 0) is 19.4 Å². The minimum Gasteiger partial charge on any atom is -0.496 e. The first-order valence-corrected chi connectivity index (χ1v) is 6.76. The van der Waals surface area contributed by atoms with Crippen molar-refractivity contribution in [2.45, 2.75) is 32.1 Å². The van der Waals surface area contributed by atoms with E-state index in [1.165, 1.54) is 0 Å². The summed E-state index contributed by atoms with van der Waals surface area (Å²) in [6, 6.07) is 1.82. The fourth-order valence-electron chi connectivity index (χ4n) is 2.79. The second-order valence-corrected chi connectivity index (χ2v) is 4.98. The Morgan fingerprint density at radius 3 is 2.50 bits per heavy atom. The Balaban J connectivity index is 2.61. The van der Waals surface area contributed by atoms with E-state index in [-0.39, 0.29) is 12.1 Å². The van der Waals surface area contributed by atoms with Gasteiger partial charge in [0, 0.05) is 29.8 Å². The van der Waals surface area contributed by atoms with Gasteiger partial charge in [0.15, 0.2) is 0 Å². The van der Waals surface area contributed by atoms with Crippen LogP contribution in [-0.4, -0.2) is 34.0 Å². The lowest BCUT2D eigenvalue weighted by molar-refractivity contribution is 0.0804. The number of fused-ring (bicyclic) bond motifs is 1. The maximum absolute atomic E-state index is 6.02. The van der Waals surface area contributed by atoms with E-state index >= 15 is 0 Å². The molecule has 0 fully saturated rings. The molecule has 5 heteroatoms. The van der Waals surface area contributed by atoms with E-state index in [0.29, 0.717) is 13.2 Å². The predicted molar refractivity (Wildman–Crippen MR) is 76.3 cm³/mol. The summed E-state index contributed by atoms with van der Waals surface area (Å²) in [5.41, 5.74) is 9.12. The molecular weight excluding hydrogens is 258 g/mol. The molecule has 0 radical (unpaired) electrons. The van der Waals surface area contributed by atoms with Crippen LogP contribution in [0.1, 0.15) is 29.7 Å². The molecule has 0 saturated carbocycles. The highest BCUT2D eigenvalue weighted by molar-refractivity contribution is 5.55. The molecule has 5 nitrogen and oxygen atoms in total. The zero-order chi connectivity index (χ0) is 14.7. The second kappa shape index (κ2) is 6.43. The first kappa shape index (κ1) is 15.1. The molecule has 20 heavy (non-hydrogen) atoms. The van der Waals surface area contributed by atoms with Gasteiger partial charge in [0.2, 0.25) is 0 Å². The van der Waals surface area contributed by atoms with Crippen LogP contribution in [0.4, 0.5) is 0 Å². The smallest absolute Gasteiger partial charge is 0.130 e. The van der Waals surface area contributed by atoms with Crippen molar-refractivity contribution in [1.82, 2.24) is 0 Å². The van der Waals surface area contributed by atoms with Gasteiger partial charge in [0.25, 0.3) is 0 Å². The van der Waals surface area contributed by atoms with Gasteiger partial charge in [-0.1, -0.05) is 0 Å². The van der Waals surface area contributed by atoms with Crippen LogP contribution >= 0.6 is 0 Å². The Labute approximate surface area is 120 Å². The maximum Gasteiger partial charge on any atom is 0.130 e. The van der Waals surface area contributed by atoms with E-state index in [0.717, 1.165) is 34.6 Å². The van der Waals surface area contributed by atoms with Gasteiger partial charge in [-0.25, -0.2) is 0 Å². The molecule has 0 bridgehead atoms. The van der Waals surface area contributed by atoms with E-state index in [2.05, 4.69) is 0 Å². The minimum absolute atomic E-state index is 0.152. The van der Waals surface area contributed by atoms with Crippen LogP contribution in [0.15, 0.2) is 6.07 Å². The van der Waals surface area contributed by atoms with Crippen molar-refractivity contribution in [3.05, 3.63) is 22.8 Å². The van der Waals surface area contributed by atoms with Gasteiger partial charge in [-0.3, -0.25) is 0 Å². The summed E-state index contributed by atoms with van der Waals surface area (Å²) in [5, 5.41) is 0. The lowest BCUT2D eigenvalue weighted by atomic mass is 9.93. The summed E-state index contributed by atoms with van der Waals surface area (Å²) in [5.74, 6) is 1.64. The molecular formula is C15H23NO4. The van der Waals surface area contributed by atoms with E-state index < -0.39 is 0 Å². The molecule has 2 N–H and O–H groups in total. The predicted octanol–water partition coefficient (Wildman–Crippen LogP) is 1.81. The lowest BCUT2D eigenvalue weighted by Crippen LogP contribution is -2.27. The molecule has 0 unspecified atom stereocenters. The van der Waals surface area contributed by atoms with E-state index in [1.807, 2.05) is 13.0 Å². The molecule has 0 aliphatic carbocycles. The maximum atomic E-state index is 6.02. The minimum atomic E-state index is -0.244. The largest absolute Gasteiger partial charge is 0.496 e. The standard InChI is InChI=1S/C15H23NO4/c1-9(16)14(18-3)11-7-13(17-2)10-5-6-20-8-12(10)15(11)19-4/h7,9,14H,5-6,8,16H2,1-4H3/t9-,14-/m0/s1. The van der Waals surface area contributed by atoms with Crippen molar-refractivity contribution >= 4 is 0 Å².